The molecule has 7 nitrogen and oxygen atoms in total. The first-order valence-corrected chi connectivity index (χ1v) is 11.0. The first-order valence-electron chi connectivity index (χ1n) is 11.0. The van der Waals surface area contributed by atoms with Crippen LogP contribution in [0, 0.1) is 0 Å². The van der Waals surface area contributed by atoms with E-state index in [1.54, 1.807) is 62.0 Å². The van der Waals surface area contributed by atoms with Crippen molar-refractivity contribution in [3.63, 3.8) is 0 Å². The maximum atomic E-state index is 13.2. The summed E-state index contributed by atoms with van der Waals surface area (Å²) >= 11 is 0. The largest absolute Gasteiger partial charge is 0.507 e. The number of pyridine rings is 1. The summed E-state index contributed by atoms with van der Waals surface area (Å²) in [6.07, 6.45) is 3.31. The molecule has 34 heavy (non-hydrogen) atoms. The standard InChI is InChI=1S/C27H26N2O5/c1-17(2)34-22-12-6-19(7-13-22)24-23(25(30)20-8-10-21(33-3)11-9-20)26(31)27(32)29(24)16-18-5-4-14-28-15-18/h4-15,17,24,30H,16H2,1-3H3/b25-23+/t24-/m1/s1. The molecule has 0 aliphatic carbocycles. The Morgan fingerprint density at radius 3 is 2.29 bits per heavy atom. The first-order chi connectivity index (χ1) is 16.4. The molecule has 1 atom stereocenters. The summed E-state index contributed by atoms with van der Waals surface area (Å²) in [7, 11) is 1.55. The Hall–Kier alpha value is -4.13. The molecule has 0 unspecified atom stereocenters. The monoisotopic (exact) mass is 458 g/mol. The molecule has 1 aromatic heterocycles. The maximum absolute atomic E-state index is 13.2. The van der Waals surface area contributed by atoms with E-state index in [1.807, 2.05) is 32.0 Å². The predicted molar refractivity (Wildman–Crippen MR) is 127 cm³/mol. The molecule has 2 aromatic carbocycles. The predicted octanol–water partition coefficient (Wildman–Crippen LogP) is 4.50. The molecule has 4 rings (SSSR count). The van der Waals surface area contributed by atoms with Crippen LogP contribution >= 0.6 is 0 Å². The second-order valence-electron chi connectivity index (χ2n) is 8.25. The van der Waals surface area contributed by atoms with Crippen LogP contribution in [0.4, 0.5) is 0 Å². The van der Waals surface area contributed by atoms with Gasteiger partial charge in [-0.1, -0.05) is 18.2 Å². The van der Waals surface area contributed by atoms with Crippen LogP contribution in [0.1, 0.15) is 36.6 Å². The minimum atomic E-state index is -0.768. The van der Waals surface area contributed by atoms with Crippen LogP contribution in [0.25, 0.3) is 5.76 Å². The zero-order valence-electron chi connectivity index (χ0n) is 19.3. The number of methoxy groups -OCH3 is 1. The average molecular weight is 459 g/mol. The van der Waals surface area contributed by atoms with Crippen molar-refractivity contribution in [2.45, 2.75) is 32.5 Å². The second kappa shape index (κ2) is 9.79. The number of carbonyl (C=O) groups is 2. The van der Waals surface area contributed by atoms with Crippen LogP contribution in [0.15, 0.2) is 78.6 Å². The quantitative estimate of drug-likeness (QED) is 0.319. The van der Waals surface area contributed by atoms with Crippen molar-refractivity contribution >= 4 is 17.4 Å². The molecule has 0 radical (unpaired) electrons. The number of amides is 1. The Morgan fingerprint density at radius 2 is 1.71 bits per heavy atom. The molecular formula is C27H26N2O5. The van der Waals surface area contributed by atoms with E-state index in [1.165, 1.54) is 4.90 Å². The molecule has 1 aliphatic heterocycles. The lowest BCUT2D eigenvalue weighted by molar-refractivity contribution is -0.140. The maximum Gasteiger partial charge on any atom is 0.295 e. The molecule has 1 N–H and O–H groups in total. The topological polar surface area (TPSA) is 89.0 Å². The highest BCUT2D eigenvalue weighted by atomic mass is 16.5. The lowest BCUT2D eigenvalue weighted by Gasteiger charge is -2.25. The first kappa shape index (κ1) is 23.0. The van der Waals surface area contributed by atoms with Gasteiger partial charge in [0.1, 0.15) is 17.3 Å². The number of nitrogens with zero attached hydrogens (tertiary/aromatic N) is 2. The van der Waals surface area contributed by atoms with Gasteiger partial charge in [0, 0.05) is 24.5 Å². The van der Waals surface area contributed by atoms with Gasteiger partial charge < -0.3 is 19.5 Å². The number of rotatable bonds is 7. The van der Waals surface area contributed by atoms with Gasteiger partial charge in [0.25, 0.3) is 11.7 Å². The lowest BCUT2D eigenvalue weighted by Crippen LogP contribution is -2.29. The number of aliphatic hydroxyl groups excluding tert-OH is 1. The molecule has 1 amide bonds. The summed E-state index contributed by atoms with van der Waals surface area (Å²) in [5.74, 6) is -0.345. The molecule has 7 heteroatoms. The number of carbonyl (C=O) groups excluding carboxylic acids is 2. The van der Waals surface area contributed by atoms with Crippen LogP contribution in [-0.2, 0) is 16.1 Å². The molecule has 1 fully saturated rings. The molecule has 174 valence electrons. The summed E-state index contributed by atoms with van der Waals surface area (Å²) in [6, 6.07) is 16.7. The number of Topliss-reactive ketones (excluding diaryl/α,β-unsaturated/α-hetero) is 1. The Balaban J connectivity index is 1.80. The van der Waals surface area contributed by atoms with E-state index in [9.17, 15) is 14.7 Å². The lowest BCUT2D eigenvalue weighted by atomic mass is 9.95. The van der Waals surface area contributed by atoms with E-state index in [-0.39, 0.29) is 24.0 Å². The molecule has 0 bridgehead atoms. The van der Waals surface area contributed by atoms with Gasteiger partial charge in [0.15, 0.2) is 0 Å². The fourth-order valence-corrected chi connectivity index (χ4v) is 3.98. The zero-order chi connectivity index (χ0) is 24.2. The van der Waals surface area contributed by atoms with Gasteiger partial charge in [-0.05, 0) is 67.4 Å². The van der Waals surface area contributed by atoms with Gasteiger partial charge in [-0.2, -0.15) is 0 Å². The van der Waals surface area contributed by atoms with Crippen molar-refractivity contribution in [2.24, 2.45) is 0 Å². The van der Waals surface area contributed by atoms with E-state index in [4.69, 9.17) is 9.47 Å². The minimum Gasteiger partial charge on any atom is -0.507 e. The number of aliphatic hydroxyl groups is 1. The van der Waals surface area contributed by atoms with E-state index in [0.717, 1.165) is 5.56 Å². The Labute approximate surface area is 198 Å². The summed E-state index contributed by atoms with van der Waals surface area (Å²) in [5.41, 5.74) is 1.93. The third kappa shape index (κ3) is 4.64. The van der Waals surface area contributed by atoms with Crippen molar-refractivity contribution < 1.29 is 24.2 Å². The fraction of sp³-hybridized carbons (Fsp3) is 0.222. The van der Waals surface area contributed by atoms with Crippen molar-refractivity contribution in [1.82, 2.24) is 9.88 Å². The number of ether oxygens (including phenoxy) is 2. The zero-order valence-corrected chi connectivity index (χ0v) is 19.3. The van der Waals surface area contributed by atoms with Crippen LogP contribution in [0.3, 0.4) is 0 Å². The third-order valence-electron chi connectivity index (χ3n) is 5.55. The smallest absolute Gasteiger partial charge is 0.295 e. The number of benzene rings is 2. The van der Waals surface area contributed by atoms with Crippen molar-refractivity contribution in [1.29, 1.82) is 0 Å². The average Bonchev–Trinajstić information content (AvgIpc) is 3.09. The molecule has 1 aliphatic rings. The van der Waals surface area contributed by atoms with E-state index < -0.39 is 17.7 Å². The van der Waals surface area contributed by atoms with E-state index >= 15 is 0 Å². The number of likely N-dealkylation sites (tertiary alicyclic amines) is 1. The summed E-state index contributed by atoms with van der Waals surface area (Å²) in [5, 5.41) is 11.2. The highest BCUT2D eigenvalue weighted by molar-refractivity contribution is 6.46. The molecule has 3 aromatic rings. The van der Waals surface area contributed by atoms with Crippen molar-refractivity contribution in [3.05, 3.63) is 95.3 Å². The van der Waals surface area contributed by atoms with Gasteiger partial charge in [0.05, 0.1) is 24.8 Å². The van der Waals surface area contributed by atoms with Crippen LogP contribution < -0.4 is 9.47 Å². The van der Waals surface area contributed by atoms with Crippen LogP contribution in [0.2, 0.25) is 0 Å². The molecule has 0 saturated carbocycles. The normalized spacial score (nSPS) is 17.3. The van der Waals surface area contributed by atoms with Crippen molar-refractivity contribution in [2.75, 3.05) is 7.11 Å². The Kier molecular flexibility index (Phi) is 6.63. The Morgan fingerprint density at radius 1 is 1.03 bits per heavy atom. The van der Waals surface area contributed by atoms with Gasteiger partial charge >= 0.3 is 0 Å². The van der Waals surface area contributed by atoms with Gasteiger partial charge in [-0.25, -0.2) is 0 Å². The summed E-state index contributed by atoms with van der Waals surface area (Å²) in [6.45, 7) is 4.05. The third-order valence-corrected chi connectivity index (χ3v) is 5.55. The molecule has 0 spiro atoms. The number of ketones is 1. The van der Waals surface area contributed by atoms with Crippen molar-refractivity contribution in [3.8, 4) is 11.5 Å². The number of hydrogen-bond donors (Lipinski definition) is 1. The van der Waals surface area contributed by atoms with Gasteiger partial charge in [-0.15, -0.1) is 0 Å². The summed E-state index contributed by atoms with van der Waals surface area (Å²) < 4.78 is 10.9. The molecule has 1 saturated heterocycles. The highest BCUT2D eigenvalue weighted by Gasteiger charge is 2.46. The van der Waals surface area contributed by atoms with E-state index in [0.29, 0.717) is 22.6 Å². The highest BCUT2D eigenvalue weighted by Crippen LogP contribution is 2.40. The number of aromatic nitrogens is 1. The Bertz CT molecular complexity index is 1200. The van der Waals surface area contributed by atoms with Gasteiger partial charge in [-0.3, -0.25) is 14.6 Å². The second-order valence-corrected chi connectivity index (χ2v) is 8.25. The van der Waals surface area contributed by atoms with E-state index in [2.05, 4.69) is 4.98 Å². The van der Waals surface area contributed by atoms with Crippen LogP contribution in [0.5, 0.6) is 11.5 Å². The number of hydrogen-bond acceptors (Lipinski definition) is 6. The molecular weight excluding hydrogens is 432 g/mol. The van der Waals surface area contributed by atoms with Crippen LogP contribution in [-0.4, -0.2) is 39.9 Å². The molecule has 2 heterocycles. The fourth-order valence-electron chi connectivity index (χ4n) is 3.98. The summed E-state index contributed by atoms with van der Waals surface area (Å²) in [4.78, 5) is 31.9. The minimum absolute atomic E-state index is 0.0112. The SMILES string of the molecule is COc1ccc(/C(O)=C2\C(=O)C(=O)N(Cc3cccnc3)[C@@H]2c2ccc(OC(C)C)cc2)cc1. The van der Waals surface area contributed by atoms with Gasteiger partial charge in [0.2, 0.25) is 0 Å².